The monoisotopic (exact) mass is 231 g/mol. The van der Waals surface area contributed by atoms with E-state index in [-0.39, 0.29) is 0 Å². The molecular weight excluding hydrogens is 219 g/mol. The fraction of sp³-hybridized carbons (Fsp3) is 0. The molecule has 0 fully saturated rings. The van der Waals surface area contributed by atoms with Crippen LogP contribution in [0.3, 0.4) is 0 Å². The van der Waals surface area contributed by atoms with Crippen molar-refractivity contribution in [2.75, 3.05) is 0 Å². The highest BCUT2D eigenvalue weighted by Crippen LogP contribution is 2.63. The third kappa shape index (κ3) is 1.82. The summed E-state index contributed by atoms with van der Waals surface area (Å²) >= 11 is 0. The molecule has 2 unspecified atom stereocenters. The molecule has 1 aliphatic heterocycles. The van der Waals surface area contributed by atoms with Gasteiger partial charge in [-0.2, -0.15) is 0 Å². The molecule has 0 spiro atoms. The number of hydrogen-bond acceptors (Lipinski definition) is 9. The molecule has 0 amide bonds. The van der Waals surface area contributed by atoms with Crippen LogP contribution >= 0.6 is 24.3 Å². The van der Waals surface area contributed by atoms with Crippen LogP contribution < -0.4 is 33.7 Å². The average Bonchev–Trinajstić information content (AvgIpc) is 1.97. The van der Waals surface area contributed by atoms with E-state index in [0.29, 0.717) is 0 Å². The topological polar surface area (TPSA) is 175 Å². The molecule has 0 aromatic rings. The van der Waals surface area contributed by atoms with Gasteiger partial charge in [-0.3, -0.25) is 33.7 Å². The number of nitrogens with two attached hydrogens (primary N) is 6. The number of hydrogen-bond donors (Lipinski definition) is 6. The second kappa shape index (κ2) is 3.49. The highest BCUT2D eigenvalue weighted by Gasteiger charge is 2.35. The van der Waals surface area contributed by atoms with E-state index in [4.69, 9.17) is 33.7 Å². The van der Waals surface area contributed by atoms with Gasteiger partial charge in [0.2, 0.25) is 0 Å². The van der Waals surface area contributed by atoms with E-state index in [0.717, 1.165) is 4.55 Å². The second-order valence-corrected chi connectivity index (χ2v) is 7.82. The number of hydrazine groups is 2. The highest BCUT2D eigenvalue weighted by atomic mass is 31.3. The van der Waals surface area contributed by atoms with Crippen molar-refractivity contribution in [2.45, 2.75) is 0 Å². The number of nitrogens with zero attached hydrogens (tertiary/aromatic N) is 3. The lowest BCUT2D eigenvalue weighted by atomic mass is 12.9. The molecule has 12 N–H and O–H groups in total. The van der Waals surface area contributed by atoms with Crippen LogP contribution in [0, 0.1) is 0 Å². The second-order valence-electron chi connectivity index (χ2n) is 2.07. The fourth-order valence-corrected chi connectivity index (χ4v) is 5.86. The van der Waals surface area contributed by atoms with Gasteiger partial charge in [-0.1, -0.05) is 0 Å². The lowest BCUT2D eigenvalue weighted by molar-refractivity contribution is 0.646. The van der Waals surface area contributed by atoms with E-state index < -0.39 is 24.3 Å². The predicted octanol–water partition coefficient (Wildman–Crippen LogP) is -1.41. The molecule has 0 aromatic heterocycles. The van der Waals surface area contributed by atoms with Gasteiger partial charge in [0.1, 0.15) is 0 Å². The molecule has 0 saturated heterocycles. The highest BCUT2D eigenvalue weighted by molar-refractivity contribution is 7.81. The Hall–Kier alpha value is 0.770. The maximum atomic E-state index is 5.60. The third-order valence-corrected chi connectivity index (χ3v) is 7.50. The van der Waals surface area contributed by atoms with Crippen LogP contribution in [-0.4, -0.2) is 9.10 Å². The van der Waals surface area contributed by atoms with E-state index in [1.165, 1.54) is 4.55 Å². The Morgan fingerprint density at radius 2 is 1.67 bits per heavy atom. The molecule has 1 rings (SSSR count). The molecule has 1 heterocycles. The first-order valence-electron chi connectivity index (χ1n) is 2.75. The van der Waals surface area contributed by atoms with Crippen LogP contribution in [0.4, 0.5) is 0 Å². The molecule has 12 heavy (non-hydrogen) atoms. The lowest BCUT2D eigenvalue weighted by Crippen LogP contribution is -2.42. The zero-order chi connectivity index (χ0) is 9.52. The maximum absolute atomic E-state index is 5.60. The number of rotatable bonds is 0. The van der Waals surface area contributed by atoms with E-state index >= 15 is 0 Å². The molecule has 2 atom stereocenters. The standard InChI is InChI=1S/H12N9P3/c1-8-10(3)7-12(5,6)9(2)11(8)4/h1-6H2. The van der Waals surface area contributed by atoms with Gasteiger partial charge >= 0.3 is 0 Å². The summed E-state index contributed by atoms with van der Waals surface area (Å²) in [5.41, 5.74) is 22.3. The van der Waals surface area contributed by atoms with Gasteiger partial charge in [-0.15, -0.1) is 9.10 Å². The van der Waals surface area contributed by atoms with E-state index in [9.17, 15) is 0 Å². The minimum atomic E-state index is -2.66. The van der Waals surface area contributed by atoms with Crippen LogP contribution in [0.2, 0.25) is 0 Å². The zero-order valence-electron chi connectivity index (χ0n) is 6.15. The first kappa shape index (κ1) is 10.8. The third-order valence-electron chi connectivity index (χ3n) is 1.19. The summed E-state index contributed by atoms with van der Waals surface area (Å²) in [6.07, 6.45) is 0. The van der Waals surface area contributed by atoms with Crippen molar-refractivity contribution in [3.8, 4) is 0 Å². The summed E-state index contributed by atoms with van der Waals surface area (Å²) in [4.78, 5) is 0. The molecule has 12 heteroatoms. The molecule has 0 saturated carbocycles. The normalized spacial score (nSPS) is 37.8. The lowest BCUT2D eigenvalue weighted by Gasteiger charge is -2.40. The molecule has 0 aliphatic carbocycles. The van der Waals surface area contributed by atoms with Gasteiger partial charge in [0, 0.05) is 0 Å². The van der Waals surface area contributed by atoms with Gasteiger partial charge in [-0.05, 0) is 0 Å². The van der Waals surface area contributed by atoms with E-state index in [1.807, 2.05) is 0 Å². The Bertz CT molecular complexity index is 216. The Kier molecular flexibility index (Phi) is 3.16. The van der Waals surface area contributed by atoms with Crippen molar-refractivity contribution in [1.82, 2.24) is 9.10 Å². The summed E-state index contributed by atoms with van der Waals surface area (Å²) in [6, 6.07) is 0. The molecular formula is H12N9P3. The Morgan fingerprint density at radius 1 is 1.17 bits per heavy atom. The van der Waals surface area contributed by atoms with Crippen molar-refractivity contribution < 1.29 is 0 Å². The van der Waals surface area contributed by atoms with E-state index in [2.05, 4.69) is 4.52 Å². The van der Waals surface area contributed by atoms with Gasteiger partial charge < -0.3 is 0 Å². The molecule has 9 nitrogen and oxygen atoms in total. The molecule has 72 valence electrons. The molecule has 1 aliphatic rings. The smallest absolute Gasteiger partial charge is 0.186 e. The molecule has 0 radical (unpaired) electrons. The van der Waals surface area contributed by atoms with Crippen molar-refractivity contribution in [1.29, 1.82) is 0 Å². The van der Waals surface area contributed by atoms with Crippen molar-refractivity contribution in [2.24, 2.45) is 38.2 Å². The summed E-state index contributed by atoms with van der Waals surface area (Å²) in [7, 11) is -5.45. The summed E-state index contributed by atoms with van der Waals surface area (Å²) in [5, 5.41) is 0. The summed E-state index contributed by atoms with van der Waals surface area (Å²) in [6.45, 7) is 0. The maximum Gasteiger partial charge on any atom is 0.186 e. The Morgan fingerprint density at radius 3 is 2.17 bits per heavy atom. The van der Waals surface area contributed by atoms with Gasteiger partial charge in [0.05, 0.1) is 0 Å². The van der Waals surface area contributed by atoms with Crippen molar-refractivity contribution in [3.05, 3.63) is 0 Å². The minimum absolute atomic E-state index is 1.11. The quantitative estimate of drug-likeness (QED) is 0.217. The van der Waals surface area contributed by atoms with E-state index in [1.54, 1.807) is 0 Å². The van der Waals surface area contributed by atoms with Gasteiger partial charge in [0.15, 0.2) is 24.3 Å². The van der Waals surface area contributed by atoms with Crippen LogP contribution in [-0.2, 0) is 0 Å². The van der Waals surface area contributed by atoms with Crippen LogP contribution in [0.5, 0.6) is 0 Å². The van der Waals surface area contributed by atoms with Crippen molar-refractivity contribution >= 4 is 24.3 Å². The first-order chi connectivity index (χ1) is 5.36. The zero-order valence-corrected chi connectivity index (χ0v) is 8.83. The summed E-state index contributed by atoms with van der Waals surface area (Å²) in [5.74, 6) is 11.0. The SMILES string of the molecule is NN1P(N)N=P(N)(N)N(N)P1N. The average molecular weight is 231 g/mol. The van der Waals surface area contributed by atoms with Crippen LogP contribution in [0.25, 0.3) is 0 Å². The largest absolute Gasteiger partial charge is 0.282 e. The first-order valence-corrected chi connectivity index (χ1v) is 7.21. The molecule has 0 bridgehead atoms. The molecule has 0 aromatic carbocycles. The van der Waals surface area contributed by atoms with Gasteiger partial charge in [-0.25, -0.2) is 4.52 Å². The summed E-state index contributed by atoms with van der Waals surface area (Å²) < 4.78 is 6.18. The Balaban J connectivity index is 3.01. The minimum Gasteiger partial charge on any atom is -0.282 e. The van der Waals surface area contributed by atoms with Gasteiger partial charge in [0.25, 0.3) is 0 Å². The van der Waals surface area contributed by atoms with Crippen molar-refractivity contribution in [3.63, 3.8) is 0 Å². The Labute approximate surface area is 72.4 Å². The fourth-order valence-electron chi connectivity index (χ4n) is 0.563. The van der Waals surface area contributed by atoms with Crippen LogP contribution in [0.1, 0.15) is 0 Å². The van der Waals surface area contributed by atoms with Crippen LogP contribution in [0.15, 0.2) is 4.52 Å². The predicted molar refractivity (Wildman–Crippen MR) is 52.0 cm³/mol.